The molecule has 0 amide bonds. The first kappa shape index (κ1) is 12.7. The SMILES string of the molecule is Clc1ccc2c(c1)CCC2NCCCn1cccn1. The Hall–Kier alpha value is -1.32. The van der Waals surface area contributed by atoms with Crippen molar-refractivity contribution in [3.63, 3.8) is 0 Å². The first-order valence-corrected chi connectivity index (χ1v) is 7.20. The zero-order valence-corrected chi connectivity index (χ0v) is 11.6. The fraction of sp³-hybridized carbons (Fsp3) is 0.400. The number of nitrogens with one attached hydrogen (secondary N) is 1. The Morgan fingerprint density at radius 3 is 3.21 bits per heavy atom. The van der Waals surface area contributed by atoms with Crippen molar-refractivity contribution < 1.29 is 0 Å². The van der Waals surface area contributed by atoms with Gasteiger partial charge in [0.05, 0.1) is 0 Å². The standard InChI is InChI=1S/C15H18ClN3/c16-13-4-5-14-12(11-13)3-6-15(14)17-7-1-9-19-10-2-8-18-19/h2,4-5,8,10-11,15,17H,1,3,6-7,9H2. The van der Waals surface area contributed by atoms with E-state index in [9.17, 15) is 0 Å². The van der Waals surface area contributed by atoms with E-state index in [4.69, 9.17) is 11.6 Å². The van der Waals surface area contributed by atoms with Crippen molar-refractivity contribution in [1.82, 2.24) is 15.1 Å². The molecule has 0 radical (unpaired) electrons. The lowest BCUT2D eigenvalue weighted by Crippen LogP contribution is -2.21. The zero-order chi connectivity index (χ0) is 13.1. The maximum Gasteiger partial charge on any atom is 0.0489 e. The molecular formula is C15H18ClN3. The number of fused-ring (bicyclic) bond motifs is 1. The molecule has 1 aliphatic carbocycles. The van der Waals surface area contributed by atoms with Gasteiger partial charge in [0.15, 0.2) is 0 Å². The highest BCUT2D eigenvalue weighted by atomic mass is 35.5. The molecule has 0 saturated carbocycles. The Labute approximate surface area is 118 Å². The molecule has 0 saturated heterocycles. The van der Waals surface area contributed by atoms with Crippen LogP contribution in [0, 0.1) is 0 Å². The van der Waals surface area contributed by atoms with Crippen LogP contribution in [0.3, 0.4) is 0 Å². The van der Waals surface area contributed by atoms with E-state index in [2.05, 4.69) is 22.5 Å². The fourth-order valence-electron chi connectivity index (χ4n) is 2.75. The quantitative estimate of drug-likeness (QED) is 0.850. The molecule has 1 atom stereocenters. The predicted octanol–water partition coefficient (Wildman–Crippen LogP) is 3.20. The Balaban J connectivity index is 1.50. The smallest absolute Gasteiger partial charge is 0.0489 e. The Kier molecular flexibility index (Phi) is 3.85. The topological polar surface area (TPSA) is 29.9 Å². The van der Waals surface area contributed by atoms with E-state index in [1.165, 1.54) is 17.5 Å². The molecule has 3 nitrogen and oxygen atoms in total. The van der Waals surface area contributed by atoms with E-state index in [0.717, 1.165) is 31.0 Å². The summed E-state index contributed by atoms with van der Waals surface area (Å²) in [6, 6.07) is 8.71. The third-order valence-corrected chi connectivity index (χ3v) is 3.93. The van der Waals surface area contributed by atoms with Crippen LogP contribution in [0.15, 0.2) is 36.7 Å². The van der Waals surface area contributed by atoms with Crippen molar-refractivity contribution in [3.8, 4) is 0 Å². The van der Waals surface area contributed by atoms with Gasteiger partial charge in [-0.2, -0.15) is 5.10 Å². The highest BCUT2D eigenvalue weighted by Gasteiger charge is 2.21. The molecule has 19 heavy (non-hydrogen) atoms. The van der Waals surface area contributed by atoms with Gasteiger partial charge in [0.1, 0.15) is 0 Å². The number of nitrogens with zero attached hydrogens (tertiary/aromatic N) is 2. The predicted molar refractivity (Wildman–Crippen MR) is 77.4 cm³/mol. The third-order valence-electron chi connectivity index (χ3n) is 3.70. The number of benzene rings is 1. The lowest BCUT2D eigenvalue weighted by Gasteiger charge is -2.14. The summed E-state index contributed by atoms with van der Waals surface area (Å²) in [4.78, 5) is 0. The van der Waals surface area contributed by atoms with Crippen LogP contribution < -0.4 is 5.32 Å². The van der Waals surface area contributed by atoms with Crippen LogP contribution in [0.1, 0.15) is 30.0 Å². The fourth-order valence-corrected chi connectivity index (χ4v) is 2.94. The second-order valence-electron chi connectivity index (χ2n) is 5.01. The van der Waals surface area contributed by atoms with E-state index in [0.29, 0.717) is 6.04 Å². The van der Waals surface area contributed by atoms with E-state index in [1.54, 1.807) is 0 Å². The van der Waals surface area contributed by atoms with Crippen LogP contribution in [0.2, 0.25) is 5.02 Å². The molecule has 1 unspecified atom stereocenters. The lowest BCUT2D eigenvalue weighted by atomic mass is 10.1. The molecule has 2 aromatic rings. The molecule has 4 heteroatoms. The molecule has 0 bridgehead atoms. The summed E-state index contributed by atoms with van der Waals surface area (Å²) >= 11 is 6.02. The molecule has 3 rings (SSSR count). The summed E-state index contributed by atoms with van der Waals surface area (Å²) < 4.78 is 1.98. The van der Waals surface area contributed by atoms with Gasteiger partial charge in [0, 0.05) is 30.0 Å². The molecule has 1 aromatic carbocycles. The average molecular weight is 276 g/mol. The van der Waals surface area contributed by atoms with Crippen molar-refractivity contribution in [1.29, 1.82) is 0 Å². The van der Waals surface area contributed by atoms with Gasteiger partial charge in [0.25, 0.3) is 0 Å². The molecule has 1 aromatic heterocycles. The van der Waals surface area contributed by atoms with Crippen molar-refractivity contribution >= 4 is 11.6 Å². The summed E-state index contributed by atoms with van der Waals surface area (Å²) in [7, 11) is 0. The van der Waals surface area contributed by atoms with E-state index in [1.807, 2.05) is 29.2 Å². The Bertz CT molecular complexity index is 536. The van der Waals surface area contributed by atoms with Gasteiger partial charge >= 0.3 is 0 Å². The highest BCUT2D eigenvalue weighted by Crippen LogP contribution is 2.32. The minimum atomic E-state index is 0.491. The van der Waals surface area contributed by atoms with Gasteiger partial charge in [-0.1, -0.05) is 17.7 Å². The largest absolute Gasteiger partial charge is 0.310 e. The van der Waals surface area contributed by atoms with Gasteiger partial charge in [0.2, 0.25) is 0 Å². The summed E-state index contributed by atoms with van der Waals surface area (Å²) in [6.07, 6.45) is 7.24. The van der Waals surface area contributed by atoms with Crippen LogP contribution in [0.25, 0.3) is 0 Å². The molecule has 1 N–H and O–H groups in total. The van der Waals surface area contributed by atoms with Crippen LogP contribution in [0.5, 0.6) is 0 Å². The van der Waals surface area contributed by atoms with E-state index in [-0.39, 0.29) is 0 Å². The van der Waals surface area contributed by atoms with Crippen molar-refractivity contribution in [2.24, 2.45) is 0 Å². The summed E-state index contributed by atoms with van der Waals surface area (Å²) in [5.41, 5.74) is 2.82. The van der Waals surface area contributed by atoms with Crippen LogP contribution in [-0.4, -0.2) is 16.3 Å². The second-order valence-corrected chi connectivity index (χ2v) is 5.45. The normalized spacial score (nSPS) is 17.6. The zero-order valence-electron chi connectivity index (χ0n) is 10.8. The van der Waals surface area contributed by atoms with Gasteiger partial charge in [-0.3, -0.25) is 4.68 Å². The first-order valence-electron chi connectivity index (χ1n) is 6.82. The number of hydrogen-bond acceptors (Lipinski definition) is 2. The molecule has 1 aliphatic rings. The molecule has 0 spiro atoms. The van der Waals surface area contributed by atoms with Gasteiger partial charge in [-0.15, -0.1) is 0 Å². The Morgan fingerprint density at radius 2 is 2.37 bits per heavy atom. The molecule has 0 aliphatic heterocycles. The first-order chi connectivity index (χ1) is 9.33. The van der Waals surface area contributed by atoms with Crippen LogP contribution in [0.4, 0.5) is 0 Å². The lowest BCUT2D eigenvalue weighted by molar-refractivity contribution is 0.486. The number of rotatable bonds is 5. The minimum absolute atomic E-state index is 0.491. The number of halogens is 1. The van der Waals surface area contributed by atoms with Crippen molar-refractivity contribution in [2.45, 2.75) is 31.8 Å². The monoisotopic (exact) mass is 275 g/mol. The van der Waals surface area contributed by atoms with Crippen LogP contribution in [-0.2, 0) is 13.0 Å². The van der Waals surface area contributed by atoms with Crippen molar-refractivity contribution in [3.05, 3.63) is 52.8 Å². The van der Waals surface area contributed by atoms with Gasteiger partial charge < -0.3 is 5.32 Å². The molecule has 100 valence electrons. The summed E-state index contributed by atoms with van der Waals surface area (Å²) in [5, 5.41) is 8.69. The summed E-state index contributed by atoms with van der Waals surface area (Å²) in [6.45, 7) is 1.99. The van der Waals surface area contributed by atoms with E-state index < -0.39 is 0 Å². The minimum Gasteiger partial charge on any atom is -0.310 e. The molecule has 0 fully saturated rings. The third kappa shape index (κ3) is 2.99. The summed E-state index contributed by atoms with van der Waals surface area (Å²) in [5.74, 6) is 0. The highest BCUT2D eigenvalue weighted by molar-refractivity contribution is 6.30. The van der Waals surface area contributed by atoms with Crippen LogP contribution >= 0.6 is 11.6 Å². The molecular weight excluding hydrogens is 258 g/mol. The van der Waals surface area contributed by atoms with Gasteiger partial charge in [-0.25, -0.2) is 0 Å². The van der Waals surface area contributed by atoms with E-state index >= 15 is 0 Å². The maximum absolute atomic E-state index is 6.02. The maximum atomic E-state index is 6.02. The van der Waals surface area contributed by atoms with Gasteiger partial charge in [-0.05, 0) is 55.1 Å². The van der Waals surface area contributed by atoms with Crippen molar-refractivity contribution in [2.75, 3.05) is 6.54 Å². The second kappa shape index (κ2) is 5.76. The number of aromatic nitrogens is 2. The number of aryl methyl sites for hydroxylation is 2. The number of hydrogen-bond donors (Lipinski definition) is 1. The Morgan fingerprint density at radius 1 is 1.42 bits per heavy atom. The molecule has 1 heterocycles. The average Bonchev–Trinajstić information content (AvgIpc) is 3.03.